The van der Waals surface area contributed by atoms with E-state index < -0.39 is 5.97 Å². The molecule has 1 rings (SSSR count). The van der Waals surface area contributed by atoms with Gasteiger partial charge >= 0.3 is 5.97 Å². The number of hydrogen-bond donors (Lipinski definition) is 0. The van der Waals surface area contributed by atoms with Crippen LogP contribution in [0.2, 0.25) is 0 Å². The molecule has 5 heteroatoms. The molecule has 0 aliphatic carbocycles. The molecular weight excluding hydrogens is 160 g/mol. The van der Waals surface area contributed by atoms with Gasteiger partial charge in [-0.05, 0) is 0 Å². The van der Waals surface area contributed by atoms with Crippen LogP contribution in [0.25, 0.3) is 0 Å². The average molecular weight is 168 g/mol. The zero-order chi connectivity index (χ0) is 8.97. The third kappa shape index (κ3) is 1.91. The molecule has 0 aromatic carbocycles. The Morgan fingerprint density at radius 1 is 1.75 bits per heavy atom. The van der Waals surface area contributed by atoms with Gasteiger partial charge in [-0.2, -0.15) is 0 Å². The maximum atomic E-state index is 11.0. The minimum Gasteiger partial charge on any atom is -0.468 e. The summed E-state index contributed by atoms with van der Waals surface area (Å²) in [5.41, 5.74) is -0.317. The first kappa shape index (κ1) is 8.45. The fourth-order valence-electron chi connectivity index (χ4n) is 0.708. The van der Waals surface area contributed by atoms with E-state index in [9.17, 15) is 9.59 Å². The second-order valence-corrected chi connectivity index (χ2v) is 2.12. The quantitative estimate of drug-likeness (QED) is 0.554. The van der Waals surface area contributed by atoms with E-state index >= 15 is 0 Å². The first-order chi connectivity index (χ1) is 5.74. The smallest absolute Gasteiger partial charge is 0.325 e. The highest BCUT2D eigenvalue weighted by Gasteiger charge is 2.01. The number of carbonyl (C=O) groups is 1. The summed E-state index contributed by atoms with van der Waals surface area (Å²) in [5, 5.41) is 0. The number of nitrogens with zero attached hydrogens (tertiary/aromatic N) is 2. The molecule has 0 spiro atoms. The van der Waals surface area contributed by atoms with Crippen molar-refractivity contribution < 1.29 is 9.53 Å². The number of methoxy groups -OCH3 is 1. The molecule has 12 heavy (non-hydrogen) atoms. The summed E-state index contributed by atoms with van der Waals surface area (Å²) in [5.74, 6) is -0.455. The van der Waals surface area contributed by atoms with Crippen molar-refractivity contribution >= 4 is 5.97 Å². The Morgan fingerprint density at radius 2 is 2.50 bits per heavy atom. The van der Waals surface area contributed by atoms with Crippen molar-refractivity contribution in [3.8, 4) is 0 Å². The van der Waals surface area contributed by atoms with E-state index in [0.717, 1.165) is 6.20 Å². The summed E-state index contributed by atoms with van der Waals surface area (Å²) in [4.78, 5) is 25.3. The molecule has 0 atom stereocenters. The Morgan fingerprint density at radius 3 is 3.08 bits per heavy atom. The third-order valence-electron chi connectivity index (χ3n) is 1.33. The molecule has 1 aromatic heterocycles. The summed E-state index contributed by atoms with van der Waals surface area (Å²) >= 11 is 0. The van der Waals surface area contributed by atoms with Crippen molar-refractivity contribution in [2.45, 2.75) is 6.54 Å². The summed E-state index contributed by atoms with van der Waals surface area (Å²) < 4.78 is 5.61. The molecule has 0 saturated carbocycles. The molecule has 0 fully saturated rings. The largest absolute Gasteiger partial charge is 0.468 e. The van der Waals surface area contributed by atoms with E-state index in [-0.39, 0.29) is 12.1 Å². The first-order valence-corrected chi connectivity index (χ1v) is 3.31. The molecule has 0 aliphatic rings. The first-order valence-electron chi connectivity index (χ1n) is 3.31. The maximum Gasteiger partial charge on any atom is 0.325 e. The maximum absolute atomic E-state index is 11.0. The van der Waals surface area contributed by atoms with E-state index in [4.69, 9.17) is 0 Å². The molecule has 0 N–H and O–H groups in total. The number of rotatable bonds is 2. The second kappa shape index (κ2) is 3.66. The Bertz CT molecular complexity index is 331. The van der Waals surface area contributed by atoms with Crippen molar-refractivity contribution in [3.63, 3.8) is 0 Å². The summed E-state index contributed by atoms with van der Waals surface area (Å²) in [6, 6.07) is 0. The SMILES string of the molecule is COC(=O)Cn1ccncc1=O. The second-order valence-electron chi connectivity index (χ2n) is 2.12. The average Bonchev–Trinajstić information content (AvgIpc) is 2.09. The third-order valence-corrected chi connectivity index (χ3v) is 1.33. The van der Waals surface area contributed by atoms with Gasteiger partial charge in [0.05, 0.1) is 13.3 Å². The molecule has 0 amide bonds. The monoisotopic (exact) mass is 168 g/mol. The van der Waals surface area contributed by atoms with Crippen molar-refractivity contribution in [3.05, 3.63) is 28.9 Å². The van der Waals surface area contributed by atoms with Crippen LogP contribution in [0.4, 0.5) is 0 Å². The van der Waals surface area contributed by atoms with E-state index in [2.05, 4.69) is 9.72 Å². The van der Waals surface area contributed by atoms with Gasteiger partial charge in [-0.15, -0.1) is 0 Å². The van der Waals surface area contributed by atoms with Crippen molar-refractivity contribution in [1.82, 2.24) is 9.55 Å². The highest BCUT2D eigenvalue weighted by molar-refractivity contribution is 5.68. The molecule has 5 nitrogen and oxygen atoms in total. The number of esters is 1. The number of carbonyl (C=O) groups excluding carboxylic acids is 1. The molecule has 0 saturated heterocycles. The topological polar surface area (TPSA) is 61.2 Å². The lowest BCUT2D eigenvalue weighted by Crippen LogP contribution is -2.23. The van der Waals surface area contributed by atoms with Gasteiger partial charge in [0.15, 0.2) is 0 Å². The number of hydrogen-bond acceptors (Lipinski definition) is 4. The lowest BCUT2D eigenvalue weighted by atomic mass is 10.6. The normalized spacial score (nSPS) is 9.42. The van der Waals surface area contributed by atoms with Crippen LogP contribution in [0.3, 0.4) is 0 Å². The van der Waals surface area contributed by atoms with Crippen LogP contribution in [0.1, 0.15) is 0 Å². The van der Waals surface area contributed by atoms with Crippen LogP contribution in [-0.4, -0.2) is 22.6 Å². The highest BCUT2D eigenvalue weighted by Crippen LogP contribution is 1.81. The van der Waals surface area contributed by atoms with Crippen LogP contribution in [-0.2, 0) is 16.1 Å². The predicted molar refractivity (Wildman–Crippen MR) is 40.5 cm³/mol. The summed E-state index contributed by atoms with van der Waals surface area (Å²) in [6.45, 7) is -0.0716. The molecular formula is C7H8N2O3. The van der Waals surface area contributed by atoms with E-state index in [1.807, 2.05) is 0 Å². The molecule has 0 bridgehead atoms. The van der Waals surface area contributed by atoms with Gasteiger partial charge in [0, 0.05) is 12.4 Å². The minimum absolute atomic E-state index is 0.0716. The summed E-state index contributed by atoms with van der Waals surface area (Å²) in [7, 11) is 1.27. The Balaban J connectivity index is 2.83. The lowest BCUT2D eigenvalue weighted by molar-refractivity contribution is -0.141. The molecule has 0 radical (unpaired) electrons. The highest BCUT2D eigenvalue weighted by atomic mass is 16.5. The zero-order valence-corrected chi connectivity index (χ0v) is 6.56. The molecule has 0 aliphatic heterocycles. The van der Waals surface area contributed by atoms with Gasteiger partial charge in [-0.1, -0.05) is 0 Å². The fourth-order valence-corrected chi connectivity index (χ4v) is 0.708. The Kier molecular flexibility index (Phi) is 2.57. The van der Waals surface area contributed by atoms with Crippen LogP contribution < -0.4 is 5.56 Å². The van der Waals surface area contributed by atoms with Crippen LogP contribution in [0.15, 0.2) is 23.4 Å². The van der Waals surface area contributed by atoms with Crippen LogP contribution in [0.5, 0.6) is 0 Å². The van der Waals surface area contributed by atoms with Crippen molar-refractivity contribution in [2.75, 3.05) is 7.11 Å². The predicted octanol–water partition coefficient (Wildman–Crippen LogP) is -0.584. The standard InChI is InChI=1S/C7H8N2O3/c1-12-7(11)5-9-3-2-8-4-6(9)10/h2-4H,5H2,1H3. The Hall–Kier alpha value is -1.65. The van der Waals surface area contributed by atoms with E-state index in [1.54, 1.807) is 0 Å². The van der Waals surface area contributed by atoms with Gasteiger partial charge in [0.2, 0.25) is 0 Å². The fraction of sp³-hybridized carbons (Fsp3) is 0.286. The van der Waals surface area contributed by atoms with Crippen LogP contribution in [0, 0.1) is 0 Å². The van der Waals surface area contributed by atoms with Crippen LogP contribution >= 0.6 is 0 Å². The number of ether oxygens (including phenoxy) is 1. The number of aromatic nitrogens is 2. The molecule has 0 unspecified atom stereocenters. The van der Waals surface area contributed by atoms with Crippen molar-refractivity contribution in [2.24, 2.45) is 0 Å². The van der Waals surface area contributed by atoms with E-state index in [1.165, 1.54) is 24.1 Å². The lowest BCUT2D eigenvalue weighted by Gasteiger charge is -2.01. The zero-order valence-electron chi connectivity index (χ0n) is 6.56. The molecule has 64 valence electrons. The minimum atomic E-state index is -0.455. The van der Waals surface area contributed by atoms with Gasteiger partial charge in [-0.3, -0.25) is 14.6 Å². The van der Waals surface area contributed by atoms with Gasteiger partial charge in [0.25, 0.3) is 5.56 Å². The summed E-state index contributed by atoms with van der Waals surface area (Å²) in [6.07, 6.45) is 4.01. The van der Waals surface area contributed by atoms with Gasteiger partial charge in [0.1, 0.15) is 6.54 Å². The molecule has 1 heterocycles. The molecule has 1 aromatic rings. The van der Waals surface area contributed by atoms with Gasteiger partial charge < -0.3 is 9.30 Å². The van der Waals surface area contributed by atoms with E-state index in [0.29, 0.717) is 0 Å². The Labute approximate surface area is 68.6 Å². The van der Waals surface area contributed by atoms with Gasteiger partial charge in [-0.25, -0.2) is 0 Å². The van der Waals surface area contributed by atoms with Crippen molar-refractivity contribution in [1.29, 1.82) is 0 Å².